The Hall–Kier alpha value is -2.78. The Balaban J connectivity index is 2.08. The van der Waals surface area contributed by atoms with Gasteiger partial charge in [-0.25, -0.2) is 8.42 Å². The van der Waals surface area contributed by atoms with Crippen molar-refractivity contribution in [3.05, 3.63) is 92.9 Å². The van der Waals surface area contributed by atoms with Crippen molar-refractivity contribution in [1.82, 2.24) is 10.2 Å². The Bertz CT molecular complexity index is 1400. The normalized spacial score (nSPS) is 12.1. The van der Waals surface area contributed by atoms with Crippen LogP contribution in [0.5, 0.6) is 0 Å². The van der Waals surface area contributed by atoms with Gasteiger partial charge >= 0.3 is 0 Å². The zero-order chi connectivity index (χ0) is 28.0. The van der Waals surface area contributed by atoms with E-state index in [0.29, 0.717) is 38.4 Å². The molecule has 0 aromatic heterocycles. The second-order valence-electron chi connectivity index (χ2n) is 8.54. The van der Waals surface area contributed by atoms with Gasteiger partial charge in [0.05, 0.1) is 10.6 Å². The fourth-order valence-corrected chi connectivity index (χ4v) is 5.97. The summed E-state index contributed by atoms with van der Waals surface area (Å²) in [6, 6.07) is 16.5. The lowest BCUT2D eigenvalue weighted by atomic mass is 10.1. The zero-order valence-electron chi connectivity index (χ0n) is 21.1. The van der Waals surface area contributed by atoms with Crippen molar-refractivity contribution in [3.63, 3.8) is 0 Å². The minimum absolute atomic E-state index is 0.0320. The van der Waals surface area contributed by atoms with Crippen LogP contribution in [0, 0.1) is 6.92 Å². The van der Waals surface area contributed by atoms with E-state index in [1.807, 2.05) is 0 Å². The van der Waals surface area contributed by atoms with Crippen molar-refractivity contribution in [3.8, 4) is 0 Å². The van der Waals surface area contributed by atoms with Crippen LogP contribution in [0.3, 0.4) is 0 Å². The van der Waals surface area contributed by atoms with E-state index in [0.717, 1.165) is 4.31 Å². The van der Waals surface area contributed by atoms with Crippen LogP contribution >= 0.6 is 34.8 Å². The Morgan fingerprint density at radius 1 is 0.921 bits per heavy atom. The molecular weight excluding hydrogens is 569 g/mol. The summed E-state index contributed by atoms with van der Waals surface area (Å²) in [5, 5.41) is 3.73. The van der Waals surface area contributed by atoms with Crippen LogP contribution in [0.1, 0.15) is 25.0 Å². The van der Waals surface area contributed by atoms with E-state index in [1.165, 1.54) is 29.2 Å². The number of halogens is 3. The maximum atomic E-state index is 13.9. The number of sulfonamides is 1. The van der Waals surface area contributed by atoms with E-state index in [1.54, 1.807) is 63.2 Å². The highest BCUT2D eigenvalue weighted by Gasteiger charge is 2.33. The van der Waals surface area contributed by atoms with Crippen LogP contribution in [0.2, 0.25) is 15.1 Å². The van der Waals surface area contributed by atoms with E-state index < -0.39 is 34.4 Å². The van der Waals surface area contributed by atoms with Crippen molar-refractivity contribution in [2.24, 2.45) is 0 Å². The number of rotatable bonds is 10. The van der Waals surface area contributed by atoms with Crippen LogP contribution < -0.4 is 9.62 Å². The molecule has 7 nitrogen and oxygen atoms in total. The lowest BCUT2D eigenvalue weighted by Crippen LogP contribution is -2.51. The van der Waals surface area contributed by atoms with E-state index in [4.69, 9.17) is 34.8 Å². The molecule has 0 spiro atoms. The third-order valence-corrected chi connectivity index (χ3v) is 8.71. The van der Waals surface area contributed by atoms with E-state index in [9.17, 15) is 18.0 Å². The number of carbonyl (C=O) groups is 2. The highest BCUT2D eigenvalue weighted by molar-refractivity contribution is 7.92. The molecule has 0 aliphatic rings. The Morgan fingerprint density at radius 3 is 2.11 bits per heavy atom. The molecule has 0 fully saturated rings. The number of anilines is 1. The summed E-state index contributed by atoms with van der Waals surface area (Å²) in [5.41, 5.74) is 1.43. The summed E-state index contributed by atoms with van der Waals surface area (Å²) in [4.78, 5) is 27.9. The molecular formula is C27H28Cl3N3O4S. The first-order valence-corrected chi connectivity index (χ1v) is 14.4. The molecule has 11 heteroatoms. The fraction of sp³-hybridized carbons (Fsp3) is 0.259. The first-order chi connectivity index (χ1) is 18.0. The third-order valence-electron chi connectivity index (χ3n) is 5.97. The Labute approximate surface area is 238 Å². The number of nitrogens with zero attached hydrogens (tertiary/aromatic N) is 2. The lowest BCUT2D eigenvalue weighted by Gasteiger charge is -2.32. The summed E-state index contributed by atoms with van der Waals surface area (Å²) in [5.74, 6) is -1.01. The van der Waals surface area contributed by atoms with Gasteiger partial charge in [-0.2, -0.15) is 0 Å². The molecule has 2 amide bonds. The minimum Gasteiger partial charge on any atom is -0.355 e. The van der Waals surface area contributed by atoms with Crippen molar-refractivity contribution in [1.29, 1.82) is 0 Å². The summed E-state index contributed by atoms with van der Waals surface area (Å²) in [6.07, 6.45) is 0. The molecule has 0 bridgehead atoms. The molecule has 3 aromatic rings. The number of amides is 2. The average molecular weight is 597 g/mol. The van der Waals surface area contributed by atoms with Gasteiger partial charge in [0.2, 0.25) is 11.8 Å². The van der Waals surface area contributed by atoms with Gasteiger partial charge in [-0.15, -0.1) is 0 Å². The number of hydrogen-bond donors (Lipinski definition) is 1. The van der Waals surface area contributed by atoms with Gasteiger partial charge in [0, 0.05) is 33.7 Å². The monoisotopic (exact) mass is 595 g/mol. The van der Waals surface area contributed by atoms with Crippen molar-refractivity contribution < 1.29 is 18.0 Å². The van der Waals surface area contributed by atoms with Crippen LogP contribution in [-0.2, 0) is 26.2 Å². The number of likely N-dealkylation sites (N-methyl/N-ethyl adjacent to an activating group) is 1. The van der Waals surface area contributed by atoms with E-state index in [2.05, 4.69) is 5.32 Å². The molecule has 0 aliphatic carbocycles. The average Bonchev–Trinajstić information content (AvgIpc) is 2.87. The third kappa shape index (κ3) is 6.80. The number of carbonyl (C=O) groups excluding carboxylic acids is 2. The first-order valence-electron chi connectivity index (χ1n) is 11.8. The largest absolute Gasteiger partial charge is 0.355 e. The highest BCUT2D eigenvalue weighted by Crippen LogP contribution is 2.30. The molecule has 3 rings (SSSR count). The van der Waals surface area contributed by atoms with Gasteiger partial charge in [0.25, 0.3) is 10.0 Å². The fourth-order valence-electron chi connectivity index (χ4n) is 3.85. The van der Waals surface area contributed by atoms with Crippen LogP contribution in [0.4, 0.5) is 5.69 Å². The summed E-state index contributed by atoms with van der Waals surface area (Å²) >= 11 is 18.7. The molecule has 1 atom stereocenters. The van der Waals surface area contributed by atoms with Crippen molar-refractivity contribution >= 4 is 62.3 Å². The zero-order valence-corrected chi connectivity index (χ0v) is 24.2. The van der Waals surface area contributed by atoms with Gasteiger partial charge in [-0.3, -0.25) is 13.9 Å². The molecule has 0 aliphatic heterocycles. The van der Waals surface area contributed by atoms with Crippen molar-refractivity contribution in [2.45, 2.75) is 38.3 Å². The van der Waals surface area contributed by atoms with Gasteiger partial charge < -0.3 is 10.2 Å². The maximum Gasteiger partial charge on any atom is 0.264 e. The maximum absolute atomic E-state index is 13.9. The molecule has 0 saturated heterocycles. The smallest absolute Gasteiger partial charge is 0.264 e. The number of hydrogen-bond acceptors (Lipinski definition) is 4. The molecule has 3 aromatic carbocycles. The summed E-state index contributed by atoms with van der Waals surface area (Å²) < 4.78 is 28.7. The van der Waals surface area contributed by atoms with Crippen LogP contribution in [-0.4, -0.2) is 44.3 Å². The predicted molar refractivity (Wildman–Crippen MR) is 152 cm³/mol. The summed E-state index contributed by atoms with van der Waals surface area (Å²) in [7, 11) is -4.19. The standard InChI is InChI=1S/C27H28Cl3N3O4S/c1-4-31-27(35)19(3)32(16-22-23(29)9-7-10-24(22)30)26(34)17-33(25-11-6-5-8-18(25)2)38(36,37)21-14-12-20(28)13-15-21/h5-15,19H,4,16-17H2,1-3H3,(H,31,35)/t19-/m0/s1. The van der Waals surface area contributed by atoms with Crippen LogP contribution in [0.25, 0.3) is 0 Å². The van der Waals surface area contributed by atoms with Gasteiger partial charge in [0.15, 0.2) is 0 Å². The summed E-state index contributed by atoms with van der Waals surface area (Å²) in [6.45, 7) is 4.78. The van der Waals surface area contributed by atoms with E-state index in [-0.39, 0.29) is 11.4 Å². The number of para-hydroxylation sites is 1. The lowest BCUT2D eigenvalue weighted by molar-refractivity contribution is -0.139. The van der Waals surface area contributed by atoms with E-state index >= 15 is 0 Å². The predicted octanol–water partition coefficient (Wildman–Crippen LogP) is 5.70. The quantitative estimate of drug-likeness (QED) is 0.325. The SMILES string of the molecule is CCNC(=O)[C@H](C)N(Cc1c(Cl)cccc1Cl)C(=O)CN(c1ccccc1C)S(=O)(=O)c1ccc(Cl)cc1. The Morgan fingerprint density at radius 2 is 1.53 bits per heavy atom. The second kappa shape index (κ2) is 12.8. The molecule has 0 radical (unpaired) electrons. The second-order valence-corrected chi connectivity index (χ2v) is 11.7. The van der Waals surface area contributed by atoms with Gasteiger partial charge in [-0.05, 0) is 68.8 Å². The minimum atomic E-state index is -4.19. The molecule has 0 heterocycles. The van der Waals surface area contributed by atoms with Gasteiger partial charge in [0.1, 0.15) is 12.6 Å². The molecule has 1 N–H and O–H groups in total. The molecule has 38 heavy (non-hydrogen) atoms. The molecule has 0 saturated carbocycles. The topological polar surface area (TPSA) is 86.8 Å². The number of benzene rings is 3. The Kier molecular flexibility index (Phi) is 10.1. The van der Waals surface area contributed by atoms with Gasteiger partial charge in [-0.1, -0.05) is 59.1 Å². The number of aryl methyl sites for hydroxylation is 1. The molecule has 0 unspecified atom stereocenters. The highest BCUT2D eigenvalue weighted by atomic mass is 35.5. The van der Waals surface area contributed by atoms with Crippen LogP contribution in [0.15, 0.2) is 71.6 Å². The first kappa shape index (κ1) is 29.8. The van der Waals surface area contributed by atoms with Crippen molar-refractivity contribution in [2.75, 3.05) is 17.4 Å². The molecule has 202 valence electrons. The number of nitrogens with one attached hydrogen (secondary N) is 1.